The van der Waals surface area contributed by atoms with Gasteiger partial charge in [-0.05, 0) is 49.2 Å². The van der Waals surface area contributed by atoms with Crippen LogP contribution < -0.4 is 5.32 Å². The quantitative estimate of drug-likeness (QED) is 0.560. The van der Waals surface area contributed by atoms with Crippen LogP contribution in [0, 0.1) is 0 Å². The molecule has 2 aromatic carbocycles. The Kier molecular flexibility index (Phi) is 6.69. The third kappa shape index (κ3) is 4.74. The molecule has 0 spiro atoms. The monoisotopic (exact) mass is 482 g/mol. The summed E-state index contributed by atoms with van der Waals surface area (Å²) in [6, 6.07) is 15.5. The van der Waals surface area contributed by atoms with Gasteiger partial charge in [-0.1, -0.05) is 18.2 Å². The maximum absolute atomic E-state index is 13.1. The highest BCUT2D eigenvalue weighted by atomic mass is 32.2. The van der Waals surface area contributed by atoms with Crippen LogP contribution in [0.2, 0.25) is 0 Å². The lowest BCUT2D eigenvalue weighted by atomic mass is 10.2. The number of fused-ring (bicyclic) bond motifs is 1. The van der Waals surface area contributed by atoms with Crippen molar-refractivity contribution in [3.05, 3.63) is 60.8 Å². The zero-order valence-corrected chi connectivity index (χ0v) is 19.9. The van der Waals surface area contributed by atoms with E-state index in [-0.39, 0.29) is 10.8 Å². The smallest absolute Gasteiger partial charge is 0.243 e. The Labute approximate surface area is 200 Å². The summed E-state index contributed by atoms with van der Waals surface area (Å²) in [5.41, 5.74) is 1.78. The zero-order chi connectivity index (χ0) is 23.5. The van der Waals surface area contributed by atoms with Gasteiger partial charge in [-0.3, -0.25) is 9.69 Å². The van der Waals surface area contributed by atoms with Gasteiger partial charge in [-0.25, -0.2) is 8.42 Å². The fraction of sp³-hybridized carbons (Fsp3) is 0.400. The number of hydrogen-bond acceptors (Lipinski definition) is 5. The topological polar surface area (TPSA) is 83.9 Å². The second-order valence-electron chi connectivity index (χ2n) is 8.81. The van der Waals surface area contributed by atoms with E-state index in [9.17, 15) is 13.2 Å². The minimum absolute atomic E-state index is 0.217. The molecule has 9 heteroatoms. The largest absolute Gasteiger partial charge is 0.379 e. The number of morpholine rings is 1. The molecule has 2 saturated heterocycles. The number of amides is 1. The Morgan fingerprint density at radius 3 is 2.59 bits per heavy atom. The summed E-state index contributed by atoms with van der Waals surface area (Å²) in [5, 5.41) is 3.99. The Morgan fingerprint density at radius 1 is 1.00 bits per heavy atom. The van der Waals surface area contributed by atoms with Crippen molar-refractivity contribution in [2.45, 2.75) is 30.3 Å². The predicted molar refractivity (Wildman–Crippen MR) is 131 cm³/mol. The van der Waals surface area contributed by atoms with E-state index in [4.69, 9.17) is 4.74 Å². The fourth-order valence-corrected chi connectivity index (χ4v) is 6.47. The van der Waals surface area contributed by atoms with Crippen LogP contribution in [-0.4, -0.2) is 73.5 Å². The first-order valence-corrected chi connectivity index (χ1v) is 13.2. The molecule has 3 aromatic rings. The first-order chi connectivity index (χ1) is 16.5. The van der Waals surface area contributed by atoms with E-state index in [1.54, 1.807) is 30.3 Å². The van der Waals surface area contributed by atoms with Crippen molar-refractivity contribution in [1.82, 2.24) is 13.8 Å². The van der Waals surface area contributed by atoms with Crippen molar-refractivity contribution in [3.8, 4) is 0 Å². The van der Waals surface area contributed by atoms with Crippen LogP contribution in [0.25, 0.3) is 10.9 Å². The molecule has 1 N–H and O–H groups in total. The van der Waals surface area contributed by atoms with Gasteiger partial charge in [0.1, 0.15) is 6.04 Å². The van der Waals surface area contributed by atoms with Crippen LogP contribution in [0.1, 0.15) is 12.8 Å². The molecule has 0 aliphatic carbocycles. The lowest BCUT2D eigenvalue weighted by Crippen LogP contribution is -2.43. The highest BCUT2D eigenvalue weighted by Crippen LogP contribution is 2.28. The van der Waals surface area contributed by atoms with Crippen LogP contribution in [-0.2, 0) is 26.1 Å². The lowest BCUT2D eigenvalue weighted by Gasteiger charge is -2.26. The number of nitrogens with one attached hydrogen (secondary N) is 1. The second-order valence-corrected chi connectivity index (χ2v) is 10.7. The molecule has 34 heavy (non-hydrogen) atoms. The average Bonchev–Trinajstić information content (AvgIpc) is 3.52. The maximum atomic E-state index is 13.1. The first kappa shape index (κ1) is 23.0. The van der Waals surface area contributed by atoms with Gasteiger partial charge in [0.15, 0.2) is 0 Å². The SMILES string of the molecule is O=C(Nc1ccc2c(ccn2CCN2CCOCC2)c1)C1CCCN1S(=O)(=O)c1ccccc1. The minimum Gasteiger partial charge on any atom is -0.379 e. The van der Waals surface area contributed by atoms with E-state index in [0.29, 0.717) is 25.1 Å². The molecule has 0 saturated carbocycles. The zero-order valence-electron chi connectivity index (χ0n) is 19.1. The molecule has 3 heterocycles. The molecule has 2 fully saturated rings. The normalized spacial score (nSPS) is 20.1. The number of sulfonamides is 1. The molecule has 8 nitrogen and oxygen atoms in total. The molecule has 0 radical (unpaired) electrons. The first-order valence-electron chi connectivity index (χ1n) is 11.8. The molecule has 1 aromatic heterocycles. The predicted octanol–water partition coefficient (Wildman–Crippen LogP) is 2.77. The number of benzene rings is 2. The number of hydrogen-bond donors (Lipinski definition) is 1. The third-order valence-electron chi connectivity index (χ3n) is 6.66. The van der Waals surface area contributed by atoms with Crippen LogP contribution >= 0.6 is 0 Å². The van der Waals surface area contributed by atoms with E-state index in [0.717, 1.165) is 50.3 Å². The maximum Gasteiger partial charge on any atom is 0.243 e. The molecule has 2 aliphatic heterocycles. The summed E-state index contributed by atoms with van der Waals surface area (Å²) >= 11 is 0. The number of carbonyl (C=O) groups excluding carboxylic acids is 1. The van der Waals surface area contributed by atoms with Crippen molar-refractivity contribution in [1.29, 1.82) is 0 Å². The van der Waals surface area contributed by atoms with Crippen LogP contribution in [0.3, 0.4) is 0 Å². The van der Waals surface area contributed by atoms with E-state index in [1.165, 1.54) is 4.31 Å². The van der Waals surface area contributed by atoms with Crippen molar-refractivity contribution in [2.24, 2.45) is 0 Å². The summed E-state index contributed by atoms with van der Waals surface area (Å²) < 4.78 is 35.1. The third-order valence-corrected chi connectivity index (χ3v) is 8.58. The summed E-state index contributed by atoms with van der Waals surface area (Å²) in [5.74, 6) is -0.289. The Morgan fingerprint density at radius 2 is 1.79 bits per heavy atom. The second kappa shape index (κ2) is 9.87. The fourth-order valence-electron chi connectivity index (χ4n) is 4.79. The van der Waals surface area contributed by atoms with Gasteiger partial charge < -0.3 is 14.6 Å². The highest BCUT2D eigenvalue weighted by molar-refractivity contribution is 7.89. The van der Waals surface area contributed by atoms with Crippen LogP contribution in [0.15, 0.2) is 65.7 Å². The van der Waals surface area contributed by atoms with Crippen molar-refractivity contribution >= 4 is 32.5 Å². The number of rotatable bonds is 7. The molecule has 1 atom stereocenters. The molecule has 2 aliphatic rings. The summed E-state index contributed by atoms with van der Waals surface area (Å²) in [6.07, 6.45) is 3.25. The molecular weight excluding hydrogens is 452 g/mol. The van der Waals surface area contributed by atoms with Gasteiger partial charge >= 0.3 is 0 Å². The summed E-state index contributed by atoms with van der Waals surface area (Å²) in [7, 11) is -3.71. The van der Waals surface area contributed by atoms with Crippen LogP contribution in [0.5, 0.6) is 0 Å². The molecule has 5 rings (SSSR count). The van der Waals surface area contributed by atoms with Crippen molar-refractivity contribution < 1.29 is 17.9 Å². The van der Waals surface area contributed by atoms with Gasteiger partial charge in [0.05, 0.1) is 18.1 Å². The van der Waals surface area contributed by atoms with E-state index in [1.807, 2.05) is 24.3 Å². The summed E-state index contributed by atoms with van der Waals surface area (Å²) in [6.45, 7) is 5.73. The van der Waals surface area contributed by atoms with E-state index >= 15 is 0 Å². The average molecular weight is 483 g/mol. The summed E-state index contributed by atoms with van der Waals surface area (Å²) in [4.78, 5) is 15.7. The van der Waals surface area contributed by atoms with Gasteiger partial charge in [0.25, 0.3) is 0 Å². The minimum atomic E-state index is -3.71. The molecule has 180 valence electrons. The Balaban J connectivity index is 1.27. The molecular formula is C25H30N4O4S. The van der Waals surface area contributed by atoms with Crippen LogP contribution in [0.4, 0.5) is 5.69 Å². The van der Waals surface area contributed by atoms with E-state index < -0.39 is 16.1 Å². The highest BCUT2D eigenvalue weighted by Gasteiger charge is 2.39. The van der Waals surface area contributed by atoms with Crippen molar-refractivity contribution in [2.75, 3.05) is 44.7 Å². The number of aromatic nitrogens is 1. The van der Waals surface area contributed by atoms with Crippen molar-refractivity contribution in [3.63, 3.8) is 0 Å². The number of nitrogens with zero attached hydrogens (tertiary/aromatic N) is 3. The lowest BCUT2D eigenvalue weighted by molar-refractivity contribution is -0.119. The number of anilines is 1. The molecule has 1 amide bonds. The standard InChI is InChI=1S/C25H30N4O4S/c30-25(24-7-4-11-29(24)34(31,32)22-5-2-1-3-6-22)26-21-8-9-23-20(19-21)10-12-28(23)14-13-27-15-17-33-18-16-27/h1-3,5-6,8-10,12,19,24H,4,7,11,13-18H2,(H,26,30). The number of carbonyl (C=O) groups is 1. The molecule has 0 bridgehead atoms. The Bertz CT molecular complexity index is 1250. The Hall–Kier alpha value is -2.72. The van der Waals surface area contributed by atoms with Gasteiger partial charge in [0.2, 0.25) is 15.9 Å². The number of ether oxygens (including phenoxy) is 1. The van der Waals surface area contributed by atoms with E-state index in [2.05, 4.69) is 21.0 Å². The van der Waals surface area contributed by atoms with Gasteiger partial charge in [-0.15, -0.1) is 0 Å². The molecule has 1 unspecified atom stereocenters. The van der Waals surface area contributed by atoms with Gasteiger partial charge in [-0.2, -0.15) is 4.31 Å². The van der Waals surface area contributed by atoms with Gasteiger partial charge in [0, 0.05) is 55.5 Å².